The van der Waals surface area contributed by atoms with E-state index in [0.29, 0.717) is 24.7 Å². The SMILES string of the molecule is O=C1CC2(CCCOC2)C(c2cccc(Cl)c2)C(=O)N1. The van der Waals surface area contributed by atoms with E-state index in [1.165, 1.54) is 0 Å². The number of benzene rings is 1. The number of imide groups is 1. The molecule has 2 unspecified atom stereocenters. The summed E-state index contributed by atoms with van der Waals surface area (Å²) in [5.41, 5.74) is 0.426. The van der Waals surface area contributed by atoms with Crippen LogP contribution in [0.2, 0.25) is 5.02 Å². The van der Waals surface area contributed by atoms with Crippen molar-refractivity contribution in [3.63, 3.8) is 0 Å². The molecule has 0 bridgehead atoms. The fraction of sp³-hybridized carbons (Fsp3) is 0.467. The number of piperidine rings is 1. The van der Waals surface area contributed by atoms with Crippen molar-refractivity contribution < 1.29 is 14.3 Å². The highest BCUT2D eigenvalue weighted by molar-refractivity contribution is 6.30. The molecule has 1 N–H and O–H groups in total. The first-order valence-corrected chi connectivity index (χ1v) is 7.15. The molecule has 4 nitrogen and oxygen atoms in total. The van der Waals surface area contributed by atoms with Crippen molar-refractivity contribution in [2.75, 3.05) is 13.2 Å². The molecule has 2 fully saturated rings. The van der Waals surface area contributed by atoms with Crippen LogP contribution >= 0.6 is 11.6 Å². The lowest BCUT2D eigenvalue weighted by Gasteiger charge is -2.44. The molecule has 5 heteroatoms. The van der Waals surface area contributed by atoms with Crippen LogP contribution in [-0.2, 0) is 14.3 Å². The van der Waals surface area contributed by atoms with Gasteiger partial charge in [-0.25, -0.2) is 0 Å². The van der Waals surface area contributed by atoms with Crippen molar-refractivity contribution in [3.8, 4) is 0 Å². The standard InChI is InChI=1S/C15H16ClNO3/c16-11-4-1-3-10(7-11)13-14(19)17-12(18)8-15(13)5-2-6-20-9-15/h1,3-4,7,13H,2,5-6,8-9H2,(H,17,18,19). The van der Waals surface area contributed by atoms with Gasteiger partial charge in [-0.3, -0.25) is 14.9 Å². The Labute approximate surface area is 122 Å². The summed E-state index contributed by atoms with van der Waals surface area (Å²) in [4.78, 5) is 24.1. The van der Waals surface area contributed by atoms with Gasteiger partial charge >= 0.3 is 0 Å². The Hall–Kier alpha value is -1.39. The average Bonchev–Trinajstić information content (AvgIpc) is 2.38. The zero-order chi connectivity index (χ0) is 14.2. The molecule has 1 spiro atoms. The molecule has 1 aromatic carbocycles. The highest BCUT2D eigenvalue weighted by atomic mass is 35.5. The third-order valence-corrected chi connectivity index (χ3v) is 4.42. The van der Waals surface area contributed by atoms with Crippen LogP contribution < -0.4 is 5.32 Å². The van der Waals surface area contributed by atoms with Crippen molar-refractivity contribution in [2.24, 2.45) is 5.41 Å². The molecule has 3 rings (SSSR count). The zero-order valence-electron chi connectivity index (χ0n) is 11.0. The number of hydrogen-bond donors (Lipinski definition) is 1. The maximum absolute atomic E-state index is 12.4. The van der Waals surface area contributed by atoms with E-state index >= 15 is 0 Å². The normalized spacial score (nSPS) is 30.4. The predicted octanol–water partition coefficient (Wildman–Crippen LogP) is 2.27. The van der Waals surface area contributed by atoms with Crippen LogP contribution in [0.4, 0.5) is 0 Å². The van der Waals surface area contributed by atoms with Crippen LogP contribution in [-0.4, -0.2) is 25.0 Å². The minimum atomic E-state index is -0.428. The highest BCUT2D eigenvalue weighted by Gasteiger charge is 2.50. The van der Waals surface area contributed by atoms with E-state index < -0.39 is 5.41 Å². The lowest BCUT2D eigenvalue weighted by Crippen LogP contribution is -2.53. The van der Waals surface area contributed by atoms with Gasteiger partial charge in [0, 0.05) is 23.5 Å². The van der Waals surface area contributed by atoms with Gasteiger partial charge in [0.05, 0.1) is 12.5 Å². The van der Waals surface area contributed by atoms with Gasteiger partial charge in [0.15, 0.2) is 0 Å². The molecular weight excluding hydrogens is 278 g/mol. The minimum Gasteiger partial charge on any atom is -0.381 e. The topological polar surface area (TPSA) is 55.4 Å². The summed E-state index contributed by atoms with van der Waals surface area (Å²) in [6.45, 7) is 1.14. The van der Waals surface area contributed by atoms with Gasteiger partial charge in [-0.2, -0.15) is 0 Å². The third-order valence-electron chi connectivity index (χ3n) is 4.18. The summed E-state index contributed by atoms with van der Waals surface area (Å²) in [5.74, 6) is -0.827. The van der Waals surface area contributed by atoms with Crippen molar-refractivity contribution in [2.45, 2.75) is 25.2 Å². The molecule has 106 valence electrons. The van der Waals surface area contributed by atoms with Gasteiger partial charge in [-0.05, 0) is 30.5 Å². The molecule has 0 aromatic heterocycles. The molecular formula is C15H16ClNO3. The van der Waals surface area contributed by atoms with Crippen LogP contribution in [0, 0.1) is 5.41 Å². The molecule has 2 heterocycles. The van der Waals surface area contributed by atoms with Crippen molar-refractivity contribution in [1.29, 1.82) is 0 Å². The second-order valence-corrected chi connectivity index (χ2v) is 6.03. The quantitative estimate of drug-likeness (QED) is 0.808. The molecule has 0 aliphatic carbocycles. The number of ether oxygens (including phenoxy) is 1. The van der Waals surface area contributed by atoms with E-state index in [9.17, 15) is 9.59 Å². The largest absolute Gasteiger partial charge is 0.381 e. The van der Waals surface area contributed by atoms with Gasteiger partial charge in [0.1, 0.15) is 0 Å². The number of rotatable bonds is 1. The van der Waals surface area contributed by atoms with Gasteiger partial charge < -0.3 is 4.74 Å². The fourth-order valence-electron chi connectivity index (χ4n) is 3.39. The van der Waals surface area contributed by atoms with Gasteiger partial charge in [0.2, 0.25) is 11.8 Å². The van der Waals surface area contributed by atoms with E-state index in [1.807, 2.05) is 12.1 Å². The molecule has 1 aromatic rings. The average molecular weight is 294 g/mol. The summed E-state index contributed by atoms with van der Waals surface area (Å²) in [5, 5.41) is 3.04. The second-order valence-electron chi connectivity index (χ2n) is 5.60. The van der Waals surface area contributed by atoms with Crippen LogP contribution in [0.3, 0.4) is 0 Å². The monoisotopic (exact) mass is 293 g/mol. The number of halogens is 1. The lowest BCUT2D eigenvalue weighted by molar-refractivity contribution is -0.146. The van der Waals surface area contributed by atoms with Crippen molar-refractivity contribution in [1.82, 2.24) is 5.32 Å². The first kappa shape index (κ1) is 13.6. The summed E-state index contributed by atoms with van der Waals surface area (Å²) in [6, 6.07) is 7.31. The van der Waals surface area contributed by atoms with E-state index in [2.05, 4.69) is 5.32 Å². The molecule has 2 aliphatic rings. The van der Waals surface area contributed by atoms with E-state index in [4.69, 9.17) is 16.3 Å². The smallest absolute Gasteiger partial charge is 0.234 e. The van der Waals surface area contributed by atoms with Gasteiger partial charge in [-0.15, -0.1) is 0 Å². The Bertz CT molecular complexity index is 552. The Morgan fingerprint density at radius 1 is 1.35 bits per heavy atom. The van der Waals surface area contributed by atoms with E-state index in [-0.39, 0.29) is 17.7 Å². The predicted molar refractivity (Wildman–Crippen MR) is 74.4 cm³/mol. The van der Waals surface area contributed by atoms with Crippen LogP contribution in [0.5, 0.6) is 0 Å². The number of carbonyl (C=O) groups is 2. The first-order chi connectivity index (χ1) is 9.61. The van der Waals surface area contributed by atoms with Crippen molar-refractivity contribution in [3.05, 3.63) is 34.9 Å². The molecule has 0 saturated carbocycles. The fourth-order valence-corrected chi connectivity index (χ4v) is 3.58. The Morgan fingerprint density at radius 3 is 2.90 bits per heavy atom. The maximum atomic E-state index is 12.4. The van der Waals surface area contributed by atoms with E-state index in [0.717, 1.165) is 18.4 Å². The first-order valence-electron chi connectivity index (χ1n) is 6.78. The maximum Gasteiger partial charge on any atom is 0.234 e. The molecule has 2 aliphatic heterocycles. The Balaban J connectivity index is 2.03. The summed E-state index contributed by atoms with van der Waals surface area (Å²) >= 11 is 6.04. The third kappa shape index (κ3) is 2.34. The van der Waals surface area contributed by atoms with Gasteiger partial charge in [-0.1, -0.05) is 23.7 Å². The van der Waals surface area contributed by atoms with Crippen molar-refractivity contribution >= 4 is 23.4 Å². The van der Waals surface area contributed by atoms with Crippen LogP contribution in [0.15, 0.2) is 24.3 Å². The molecule has 2 atom stereocenters. The second kappa shape index (κ2) is 5.19. The summed E-state index contributed by atoms with van der Waals surface area (Å²) in [7, 11) is 0. The van der Waals surface area contributed by atoms with Crippen LogP contribution in [0.25, 0.3) is 0 Å². The summed E-state index contributed by atoms with van der Waals surface area (Å²) < 4.78 is 5.58. The van der Waals surface area contributed by atoms with Gasteiger partial charge in [0.25, 0.3) is 0 Å². The Morgan fingerprint density at radius 2 is 2.20 bits per heavy atom. The minimum absolute atomic E-state index is 0.209. The number of amides is 2. The zero-order valence-corrected chi connectivity index (χ0v) is 11.8. The number of hydrogen-bond acceptors (Lipinski definition) is 3. The number of nitrogens with one attached hydrogen (secondary N) is 1. The summed E-state index contributed by atoms with van der Waals surface area (Å²) in [6.07, 6.45) is 2.02. The van der Waals surface area contributed by atoms with Crippen LogP contribution in [0.1, 0.15) is 30.7 Å². The Kier molecular flexibility index (Phi) is 3.52. The molecule has 2 amide bonds. The molecule has 2 saturated heterocycles. The highest BCUT2D eigenvalue weighted by Crippen LogP contribution is 2.47. The molecule has 20 heavy (non-hydrogen) atoms. The lowest BCUT2D eigenvalue weighted by atomic mass is 9.64. The molecule has 0 radical (unpaired) electrons. The number of carbonyl (C=O) groups excluding carboxylic acids is 2. The van der Waals surface area contributed by atoms with E-state index in [1.54, 1.807) is 12.1 Å².